The third-order valence-electron chi connectivity index (χ3n) is 5.41. The SMILES string of the molecule is O=C(O)CCNc1c2ccccc2nc2c(C(=O)NCCN3CCOCC3)cccc12. The number of carbonyl (C=O) groups is 2. The molecule has 0 spiro atoms. The highest BCUT2D eigenvalue weighted by Crippen LogP contribution is 2.32. The van der Waals surface area contributed by atoms with Crippen LogP contribution in [-0.4, -0.2) is 72.8 Å². The molecule has 0 aliphatic carbocycles. The Morgan fingerprint density at radius 3 is 2.61 bits per heavy atom. The van der Waals surface area contributed by atoms with Crippen LogP contribution in [0.4, 0.5) is 5.69 Å². The van der Waals surface area contributed by atoms with Crippen molar-refractivity contribution in [3.05, 3.63) is 48.0 Å². The van der Waals surface area contributed by atoms with Crippen LogP contribution in [0.15, 0.2) is 42.5 Å². The van der Waals surface area contributed by atoms with E-state index in [0.29, 0.717) is 17.6 Å². The van der Waals surface area contributed by atoms with Crippen LogP contribution < -0.4 is 10.6 Å². The van der Waals surface area contributed by atoms with Crippen LogP contribution in [0.3, 0.4) is 0 Å². The number of carbonyl (C=O) groups excluding carboxylic acids is 1. The number of pyridine rings is 1. The van der Waals surface area contributed by atoms with Gasteiger partial charge < -0.3 is 20.5 Å². The summed E-state index contributed by atoms with van der Waals surface area (Å²) < 4.78 is 5.36. The number of benzene rings is 2. The van der Waals surface area contributed by atoms with E-state index in [1.54, 1.807) is 6.07 Å². The maximum atomic E-state index is 13.0. The molecule has 1 aliphatic rings. The molecule has 0 radical (unpaired) electrons. The molecule has 1 aliphatic heterocycles. The van der Waals surface area contributed by atoms with Crippen molar-refractivity contribution >= 4 is 39.4 Å². The van der Waals surface area contributed by atoms with E-state index in [1.807, 2.05) is 36.4 Å². The number of hydrogen-bond donors (Lipinski definition) is 3. The van der Waals surface area contributed by atoms with Gasteiger partial charge in [0.15, 0.2) is 0 Å². The van der Waals surface area contributed by atoms with E-state index in [0.717, 1.165) is 54.8 Å². The molecule has 162 valence electrons. The summed E-state index contributed by atoms with van der Waals surface area (Å²) in [6, 6.07) is 13.2. The van der Waals surface area contributed by atoms with Crippen molar-refractivity contribution in [1.82, 2.24) is 15.2 Å². The van der Waals surface area contributed by atoms with Crippen molar-refractivity contribution in [3.63, 3.8) is 0 Å². The first-order chi connectivity index (χ1) is 15.1. The number of rotatable bonds is 8. The molecule has 0 saturated carbocycles. The van der Waals surface area contributed by atoms with Crippen molar-refractivity contribution in [2.75, 3.05) is 51.3 Å². The first-order valence-electron chi connectivity index (χ1n) is 10.5. The Hall–Kier alpha value is -3.23. The first kappa shape index (κ1) is 21.0. The zero-order valence-electron chi connectivity index (χ0n) is 17.3. The van der Waals surface area contributed by atoms with Gasteiger partial charge in [-0.3, -0.25) is 14.5 Å². The average molecular weight is 422 g/mol. The number of aromatic nitrogens is 1. The fraction of sp³-hybridized carbons (Fsp3) is 0.348. The molecule has 1 amide bonds. The molecule has 1 fully saturated rings. The van der Waals surface area contributed by atoms with Gasteiger partial charge in [-0.05, 0) is 12.1 Å². The van der Waals surface area contributed by atoms with E-state index in [4.69, 9.17) is 14.8 Å². The summed E-state index contributed by atoms with van der Waals surface area (Å²) in [5.74, 6) is -1.03. The molecule has 2 heterocycles. The smallest absolute Gasteiger partial charge is 0.305 e. The summed E-state index contributed by atoms with van der Waals surface area (Å²) >= 11 is 0. The lowest BCUT2D eigenvalue weighted by Crippen LogP contribution is -2.41. The lowest BCUT2D eigenvalue weighted by molar-refractivity contribution is -0.136. The number of nitrogens with zero attached hydrogens (tertiary/aromatic N) is 2. The molecule has 0 unspecified atom stereocenters. The number of nitrogens with one attached hydrogen (secondary N) is 2. The number of amides is 1. The standard InChI is InChI=1S/C23H26N4O4/c28-20(29)8-9-24-21-16-4-1-2-7-19(16)26-22-17(21)5-3-6-18(22)23(30)25-10-11-27-12-14-31-15-13-27/h1-7H,8-15H2,(H,24,26)(H,25,30)(H,28,29). The molecule has 1 saturated heterocycles. The Kier molecular flexibility index (Phi) is 6.59. The van der Waals surface area contributed by atoms with Crippen molar-refractivity contribution in [2.45, 2.75) is 6.42 Å². The molecule has 0 bridgehead atoms. The van der Waals surface area contributed by atoms with Crippen LogP contribution >= 0.6 is 0 Å². The van der Waals surface area contributed by atoms with Crippen molar-refractivity contribution in [1.29, 1.82) is 0 Å². The van der Waals surface area contributed by atoms with E-state index >= 15 is 0 Å². The van der Waals surface area contributed by atoms with E-state index in [2.05, 4.69) is 15.5 Å². The third-order valence-corrected chi connectivity index (χ3v) is 5.41. The summed E-state index contributed by atoms with van der Waals surface area (Å²) in [5, 5.41) is 16.9. The summed E-state index contributed by atoms with van der Waals surface area (Å²) in [4.78, 5) is 30.9. The minimum Gasteiger partial charge on any atom is -0.481 e. The Balaban J connectivity index is 1.61. The van der Waals surface area contributed by atoms with Gasteiger partial charge >= 0.3 is 5.97 Å². The molecule has 8 nitrogen and oxygen atoms in total. The Bertz CT molecular complexity index is 1100. The number of carboxylic acid groups (broad SMARTS) is 1. The van der Waals surface area contributed by atoms with Crippen LogP contribution in [0.5, 0.6) is 0 Å². The maximum absolute atomic E-state index is 13.0. The average Bonchev–Trinajstić information content (AvgIpc) is 2.78. The van der Waals surface area contributed by atoms with Crippen molar-refractivity contribution in [3.8, 4) is 0 Å². The van der Waals surface area contributed by atoms with E-state index in [-0.39, 0.29) is 18.9 Å². The van der Waals surface area contributed by atoms with Gasteiger partial charge in [0.25, 0.3) is 5.91 Å². The third kappa shape index (κ3) is 4.92. The fourth-order valence-electron chi connectivity index (χ4n) is 3.83. The quantitative estimate of drug-likeness (QED) is 0.479. The molecular weight excluding hydrogens is 396 g/mol. The largest absolute Gasteiger partial charge is 0.481 e. The number of hydrogen-bond acceptors (Lipinski definition) is 6. The minimum absolute atomic E-state index is 0.000139. The number of anilines is 1. The molecular formula is C23H26N4O4. The molecule has 3 aromatic rings. The van der Waals surface area contributed by atoms with Crippen LogP contribution in [0.1, 0.15) is 16.8 Å². The summed E-state index contributed by atoms with van der Waals surface area (Å²) in [5.41, 5.74) is 2.65. The monoisotopic (exact) mass is 422 g/mol. The first-order valence-corrected chi connectivity index (χ1v) is 10.5. The Labute approximate surface area is 180 Å². The van der Waals surface area contributed by atoms with Crippen LogP contribution in [0.2, 0.25) is 0 Å². The van der Waals surface area contributed by atoms with Gasteiger partial charge in [0.05, 0.1) is 41.9 Å². The molecule has 4 rings (SSSR count). The Morgan fingerprint density at radius 1 is 1.03 bits per heavy atom. The highest BCUT2D eigenvalue weighted by molar-refractivity contribution is 6.14. The van der Waals surface area contributed by atoms with Crippen LogP contribution in [-0.2, 0) is 9.53 Å². The second kappa shape index (κ2) is 9.72. The van der Waals surface area contributed by atoms with E-state index in [9.17, 15) is 9.59 Å². The molecule has 8 heteroatoms. The predicted molar refractivity (Wildman–Crippen MR) is 120 cm³/mol. The number of morpholine rings is 1. The van der Waals surface area contributed by atoms with Gasteiger partial charge in [-0.2, -0.15) is 0 Å². The van der Waals surface area contributed by atoms with Gasteiger partial charge in [-0.15, -0.1) is 0 Å². The number of fused-ring (bicyclic) bond motifs is 2. The van der Waals surface area contributed by atoms with Crippen LogP contribution in [0.25, 0.3) is 21.8 Å². The maximum Gasteiger partial charge on any atom is 0.305 e. The number of para-hydroxylation sites is 2. The number of aliphatic carboxylic acids is 1. The molecule has 31 heavy (non-hydrogen) atoms. The zero-order valence-corrected chi connectivity index (χ0v) is 17.3. The highest BCUT2D eigenvalue weighted by atomic mass is 16.5. The summed E-state index contributed by atoms with van der Waals surface area (Å²) in [6.45, 7) is 4.82. The fourth-order valence-corrected chi connectivity index (χ4v) is 3.83. The lowest BCUT2D eigenvalue weighted by atomic mass is 10.0. The highest BCUT2D eigenvalue weighted by Gasteiger charge is 2.17. The van der Waals surface area contributed by atoms with Crippen molar-refractivity contribution < 1.29 is 19.4 Å². The molecule has 2 aromatic carbocycles. The zero-order chi connectivity index (χ0) is 21.6. The topological polar surface area (TPSA) is 104 Å². The summed E-state index contributed by atoms with van der Waals surface area (Å²) in [7, 11) is 0. The van der Waals surface area contributed by atoms with E-state index < -0.39 is 5.97 Å². The van der Waals surface area contributed by atoms with Gasteiger partial charge in [-0.25, -0.2) is 4.98 Å². The predicted octanol–water partition coefficient (Wildman–Crippen LogP) is 2.34. The van der Waals surface area contributed by atoms with Gasteiger partial charge in [0.1, 0.15) is 0 Å². The van der Waals surface area contributed by atoms with Gasteiger partial charge in [0.2, 0.25) is 0 Å². The lowest BCUT2D eigenvalue weighted by Gasteiger charge is -2.26. The molecule has 0 atom stereocenters. The molecule has 1 aromatic heterocycles. The normalized spacial score (nSPS) is 14.6. The Morgan fingerprint density at radius 2 is 1.81 bits per heavy atom. The van der Waals surface area contributed by atoms with Gasteiger partial charge in [0, 0.05) is 43.5 Å². The van der Waals surface area contributed by atoms with Gasteiger partial charge in [-0.1, -0.05) is 30.3 Å². The second-order valence-corrected chi connectivity index (χ2v) is 7.49. The summed E-state index contributed by atoms with van der Waals surface area (Å²) in [6.07, 6.45) is -0.000139. The van der Waals surface area contributed by atoms with Crippen LogP contribution in [0, 0.1) is 0 Å². The number of carboxylic acids is 1. The molecule has 3 N–H and O–H groups in total. The van der Waals surface area contributed by atoms with Crippen molar-refractivity contribution in [2.24, 2.45) is 0 Å². The second-order valence-electron chi connectivity index (χ2n) is 7.49. The number of ether oxygens (including phenoxy) is 1. The minimum atomic E-state index is -0.865. The van der Waals surface area contributed by atoms with E-state index in [1.165, 1.54) is 0 Å².